The van der Waals surface area contributed by atoms with E-state index >= 15 is 0 Å². The van der Waals surface area contributed by atoms with Gasteiger partial charge in [-0.3, -0.25) is 4.57 Å². The van der Waals surface area contributed by atoms with Crippen molar-refractivity contribution < 1.29 is 13.2 Å². The molecule has 0 spiro atoms. The molecule has 0 atom stereocenters. The fraction of sp³-hybridized carbons (Fsp3) is 0.0526. The van der Waals surface area contributed by atoms with E-state index in [-0.39, 0.29) is 36.5 Å². The van der Waals surface area contributed by atoms with Crippen LogP contribution in [-0.2, 0) is 6.18 Å². The summed E-state index contributed by atoms with van der Waals surface area (Å²) >= 11 is 5.86. The van der Waals surface area contributed by atoms with Crippen molar-refractivity contribution in [1.82, 2.24) is 24.5 Å². The molecule has 3 aromatic heterocycles. The summed E-state index contributed by atoms with van der Waals surface area (Å²) in [7, 11) is 0. The maximum absolute atomic E-state index is 13.4. The molecule has 2 N–H and O–H groups in total. The topological polar surface area (TPSA) is 82.5 Å². The normalized spacial score (nSPS) is 10.8. The van der Waals surface area contributed by atoms with Crippen molar-refractivity contribution in [1.29, 1.82) is 0 Å². The van der Waals surface area contributed by atoms with Crippen LogP contribution in [0.4, 0.5) is 19.0 Å². The molecule has 6 nitrogen and oxygen atoms in total. The van der Waals surface area contributed by atoms with Crippen LogP contribution in [0.3, 0.4) is 0 Å². The van der Waals surface area contributed by atoms with Gasteiger partial charge in [0.1, 0.15) is 12.1 Å². The van der Waals surface area contributed by atoms with Gasteiger partial charge in [0.15, 0.2) is 5.69 Å². The molecular weight excluding hydrogens is 476 g/mol. The summed E-state index contributed by atoms with van der Waals surface area (Å²) < 4.78 is 41.5. The zero-order valence-corrected chi connectivity index (χ0v) is 17.8. The summed E-state index contributed by atoms with van der Waals surface area (Å²) in [5.74, 6) is 0.189. The van der Waals surface area contributed by atoms with Crippen molar-refractivity contribution in [3.63, 3.8) is 0 Å². The average molecular weight is 490 g/mol. The first-order valence-corrected chi connectivity index (χ1v) is 8.66. The minimum absolute atomic E-state index is 0. The largest absolute Gasteiger partial charge is 0.433 e. The second-order valence-corrected chi connectivity index (χ2v) is 6.52. The minimum atomic E-state index is -4.64. The summed E-state index contributed by atoms with van der Waals surface area (Å²) in [6.45, 7) is 0. The Morgan fingerprint density at radius 2 is 1.55 bits per heavy atom. The highest BCUT2D eigenvalue weighted by molar-refractivity contribution is 6.30. The summed E-state index contributed by atoms with van der Waals surface area (Å²) in [4.78, 5) is 16.1. The Morgan fingerprint density at radius 3 is 2.16 bits per heavy atom. The molecule has 0 saturated carbocycles. The van der Waals surface area contributed by atoms with Gasteiger partial charge in [-0.2, -0.15) is 13.2 Å². The van der Waals surface area contributed by atoms with Gasteiger partial charge in [-0.25, -0.2) is 19.9 Å². The molecule has 0 aliphatic heterocycles. The second kappa shape index (κ2) is 9.51. The highest BCUT2D eigenvalue weighted by Crippen LogP contribution is 2.31. The Kier molecular flexibility index (Phi) is 7.48. The first kappa shape index (κ1) is 24.4. The fourth-order valence-corrected chi connectivity index (χ4v) is 2.73. The fourth-order valence-electron chi connectivity index (χ4n) is 2.60. The van der Waals surface area contributed by atoms with Gasteiger partial charge < -0.3 is 5.73 Å². The van der Waals surface area contributed by atoms with E-state index in [1.807, 2.05) is 0 Å². The van der Waals surface area contributed by atoms with Crippen molar-refractivity contribution in [2.24, 2.45) is 0 Å². The molecule has 4 aromatic rings. The highest BCUT2D eigenvalue weighted by atomic mass is 35.5. The van der Waals surface area contributed by atoms with Crippen molar-refractivity contribution in [3.05, 3.63) is 71.9 Å². The summed E-state index contributed by atoms with van der Waals surface area (Å²) in [6.07, 6.45) is -0.252. The third-order valence-electron chi connectivity index (χ3n) is 4.04. The molecule has 0 unspecified atom stereocenters. The number of benzene rings is 1. The lowest BCUT2D eigenvalue weighted by Crippen LogP contribution is -2.12. The van der Waals surface area contributed by atoms with Crippen LogP contribution in [0.25, 0.3) is 28.5 Å². The van der Waals surface area contributed by atoms with Crippen molar-refractivity contribution in [2.75, 3.05) is 5.73 Å². The molecule has 162 valence electrons. The van der Waals surface area contributed by atoms with Crippen LogP contribution in [-0.4, -0.2) is 24.5 Å². The number of aromatic nitrogens is 5. The number of pyridine rings is 1. The molecular formula is C19H14Cl3F3N6. The van der Waals surface area contributed by atoms with Gasteiger partial charge in [-0.05, 0) is 30.3 Å². The van der Waals surface area contributed by atoms with E-state index in [1.54, 1.807) is 36.4 Å². The Morgan fingerprint density at radius 1 is 0.871 bits per heavy atom. The van der Waals surface area contributed by atoms with E-state index in [0.717, 1.165) is 6.07 Å². The molecule has 0 fully saturated rings. The van der Waals surface area contributed by atoms with Crippen LogP contribution in [0.2, 0.25) is 5.02 Å². The first-order valence-electron chi connectivity index (χ1n) is 8.28. The smallest absolute Gasteiger partial charge is 0.384 e. The molecule has 31 heavy (non-hydrogen) atoms. The predicted molar refractivity (Wildman–Crippen MR) is 117 cm³/mol. The van der Waals surface area contributed by atoms with Crippen molar-refractivity contribution >= 4 is 42.2 Å². The molecule has 0 aliphatic rings. The van der Waals surface area contributed by atoms with E-state index in [0.29, 0.717) is 27.7 Å². The van der Waals surface area contributed by atoms with E-state index < -0.39 is 11.9 Å². The molecule has 0 aliphatic carbocycles. The van der Waals surface area contributed by atoms with Gasteiger partial charge >= 0.3 is 6.18 Å². The van der Waals surface area contributed by atoms with E-state index in [9.17, 15) is 13.2 Å². The number of rotatable bonds is 3. The third-order valence-corrected chi connectivity index (χ3v) is 4.29. The number of nitrogens with two attached hydrogens (primary N) is 1. The monoisotopic (exact) mass is 488 g/mol. The first-order chi connectivity index (χ1) is 13.8. The molecule has 0 bridgehead atoms. The van der Waals surface area contributed by atoms with Crippen LogP contribution in [0.5, 0.6) is 0 Å². The number of anilines is 1. The number of nitrogens with zero attached hydrogens (tertiary/aromatic N) is 5. The van der Waals surface area contributed by atoms with Gasteiger partial charge in [0.25, 0.3) is 0 Å². The molecule has 0 radical (unpaired) electrons. The zero-order valence-electron chi connectivity index (χ0n) is 15.4. The van der Waals surface area contributed by atoms with Crippen molar-refractivity contribution in [2.45, 2.75) is 6.18 Å². The highest BCUT2D eigenvalue weighted by Gasteiger charge is 2.34. The lowest BCUT2D eigenvalue weighted by atomic mass is 10.1. The minimum Gasteiger partial charge on any atom is -0.384 e. The lowest BCUT2D eigenvalue weighted by Gasteiger charge is -2.11. The molecule has 3 heterocycles. The number of hydrogen-bond donors (Lipinski definition) is 1. The maximum atomic E-state index is 13.4. The van der Waals surface area contributed by atoms with Gasteiger partial charge in [0.05, 0.1) is 11.4 Å². The van der Waals surface area contributed by atoms with Gasteiger partial charge in [0.2, 0.25) is 5.95 Å². The maximum Gasteiger partial charge on any atom is 0.433 e. The predicted octanol–water partition coefficient (Wildman–Crippen LogP) is 5.49. The standard InChI is InChI=1S/C19H12ClF3N6.2ClH/c20-13-4-1-11(2-5-13)14-7-16(19(21,22)23)28-18(27-14)29-9-15(26-10-29)12-3-6-17(24)25-8-12;;/h1-10H,(H2,24,25);2*1H. The van der Waals surface area contributed by atoms with Gasteiger partial charge in [-0.1, -0.05) is 23.7 Å². The summed E-state index contributed by atoms with van der Waals surface area (Å²) in [5.41, 5.74) is 6.25. The summed E-state index contributed by atoms with van der Waals surface area (Å²) in [6, 6.07) is 10.6. The van der Waals surface area contributed by atoms with Crippen LogP contribution in [0, 0.1) is 0 Å². The number of imidazole rings is 1. The second-order valence-electron chi connectivity index (χ2n) is 6.08. The quantitative estimate of drug-likeness (QED) is 0.411. The van der Waals surface area contributed by atoms with E-state index in [2.05, 4.69) is 19.9 Å². The number of hydrogen-bond acceptors (Lipinski definition) is 5. The van der Waals surface area contributed by atoms with E-state index in [4.69, 9.17) is 17.3 Å². The number of halogens is 6. The number of nitrogen functional groups attached to an aromatic ring is 1. The Hall–Kier alpha value is -2.88. The van der Waals surface area contributed by atoms with Gasteiger partial charge in [-0.15, -0.1) is 24.8 Å². The Balaban J connectivity index is 0.00000171. The third kappa shape index (κ3) is 5.43. The SMILES string of the molecule is Cl.Cl.Nc1ccc(-c2cn(-c3nc(-c4ccc(Cl)cc4)cc(C(F)(F)F)n3)cn2)cn1. The van der Waals surface area contributed by atoms with Crippen LogP contribution in [0.15, 0.2) is 61.2 Å². The van der Waals surface area contributed by atoms with Crippen LogP contribution < -0.4 is 5.73 Å². The molecule has 12 heteroatoms. The average Bonchev–Trinajstić information content (AvgIpc) is 3.18. The van der Waals surface area contributed by atoms with Crippen LogP contribution in [0.1, 0.15) is 5.69 Å². The van der Waals surface area contributed by atoms with Gasteiger partial charge in [0, 0.05) is 28.5 Å². The molecule has 1 aromatic carbocycles. The summed E-state index contributed by atoms with van der Waals surface area (Å²) in [5, 5.41) is 0.468. The van der Waals surface area contributed by atoms with Crippen LogP contribution >= 0.6 is 36.4 Å². The molecule has 0 saturated heterocycles. The molecule has 0 amide bonds. The van der Waals surface area contributed by atoms with E-state index in [1.165, 1.54) is 23.3 Å². The Bertz CT molecular complexity index is 1160. The number of alkyl halides is 3. The zero-order chi connectivity index (χ0) is 20.6. The Labute approximate surface area is 192 Å². The lowest BCUT2D eigenvalue weighted by molar-refractivity contribution is -0.141. The van der Waals surface area contributed by atoms with Crippen molar-refractivity contribution in [3.8, 4) is 28.5 Å². The molecule has 4 rings (SSSR count).